The minimum absolute atomic E-state index is 0.279. The molecule has 1 heterocycles. The molecule has 0 aliphatic carbocycles. The van der Waals surface area contributed by atoms with Crippen LogP contribution in [-0.4, -0.2) is 7.05 Å². The van der Waals surface area contributed by atoms with E-state index in [2.05, 4.69) is 49.3 Å². The second-order valence-electron chi connectivity index (χ2n) is 3.88. The summed E-state index contributed by atoms with van der Waals surface area (Å²) in [7, 11) is 1.97. The van der Waals surface area contributed by atoms with Gasteiger partial charge in [0.1, 0.15) is 0 Å². The zero-order valence-electron chi connectivity index (χ0n) is 9.41. The molecule has 2 aromatic rings. The van der Waals surface area contributed by atoms with Crippen molar-refractivity contribution in [3.8, 4) is 0 Å². The summed E-state index contributed by atoms with van der Waals surface area (Å²) in [5.74, 6) is 0. The first-order chi connectivity index (χ1) is 8.19. The van der Waals surface area contributed by atoms with Gasteiger partial charge in [0.2, 0.25) is 0 Å². The van der Waals surface area contributed by atoms with Crippen molar-refractivity contribution in [3.05, 3.63) is 56.9 Å². The van der Waals surface area contributed by atoms with Crippen molar-refractivity contribution in [3.63, 3.8) is 0 Å². The zero-order valence-corrected chi connectivity index (χ0v) is 12.6. The van der Waals surface area contributed by atoms with Gasteiger partial charge in [0.05, 0.1) is 12.5 Å². The van der Waals surface area contributed by atoms with E-state index >= 15 is 0 Å². The van der Waals surface area contributed by atoms with Gasteiger partial charge in [-0.3, -0.25) is 0 Å². The van der Waals surface area contributed by atoms with Crippen molar-refractivity contribution in [2.75, 3.05) is 7.05 Å². The summed E-state index contributed by atoms with van der Waals surface area (Å²) in [4.78, 5) is 0. The van der Waals surface area contributed by atoms with E-state index in [4.69, 9.17) is 4.42 Å². The lowest BCUT2D eigenvalue weighted by atomic mass is 10.0. The first-order valence-electron chi connectivity index (χ1n) is 5.33. The molecule has 0 bridgehead atoms. The largest absolute Gasteiger partial charge is 0.472 e. The number of benzene rings is 1. The summed E-state index contributed by atoms with van der Waals surface area (Å²) in [5, 5.41) is 3.33. The van der Waals surface area contributed by atoms with Crippen LogP contribution in [0.4, 0.5) is 0 Å². The fraction of sp³-hybridized carbons (Fsp3) is 0.231. The molecule has 1 aromatic heterocycles. The van der Waals surface area contributed by atoms with Crippen molar-refractivity contribution in [1.82, 2.24) is 5.32 Å². The maximum absolute atomic E-state index is 5.10. The smallest absolute Gasteiger partial charge is 0.0935 e. The first-order valence-corrected chi connectivity index (χ1v) is 6.92. The molecule has 1 aromatic carbocycles. The fourth-order valence-corrected chi connectivity index (χ4v) is 3.14. The monoisotopic (exact) mass is 357 g/mol. The van der Waals surface area contributed by atoms with Crippen LogP contribution in [0.15, 0.2) is 50.2 Å². The summed E-state index contributed by atoms with van der Waals surface area (Å²) in [6.07, 6.45) is 4.41. The van der Waals surface area contributed by atoms with Gasteiger partial charge >= 0.3 is 0 Å². The molecule has 0 aliphatic rings. The normalized spacial score (nSPS) is 12.6. The van der Waals surface area contributed by atoms with Crippen LogP contribution in [0.3, 0.4) is 0 Å². The number of halogens is 2. The minimum Gasteiger partial charge on any atom is -0.472 e. The predicted octanol–water partition coefficient (Wildman–Crippen LogP) is 4.31. The molecule has 0 amide bonds. The molecular formula is C13H13Br2NO. The van der Waals surface area contributed by atoms with Crippen LogP contribution < -0.4 is 5.32 Å². The highest BCUT2D eigenvalue weighted by molar-refractivity contribution is 9.11. The number of nitrogens with one attached hydrogen (secondary N) is 1. The molecule has 1 atom stereocenters. The predicted molar refractivity (Wildman–Crippen MR) is 76.1 cm³/mol. The molecule has 0 radical (unpaired) electrons. The molecule has 0 fully saturated rings. The summed E-state index contributed by atoms with van der Waals surface area (Å²) >= 11 is 7.02. The van der Waals surface area contributed by atoms with Crippen LogP contribution in [0.25, 0.3) is 0 Å². The van der Waals surface area contributed by atoms with Crippen molar-refractivity contribution < 1.29 is 4.42 Å². The van der Waals surface area contributed by atoms with E-state index in [-0.39, 0.29) is 6.04 Å². The Kier molecular flexibility index (Phi) is 4.42. The second-order valence-corrected chi connectivity index (χ2v) is 5.71. The van der Waals surface area contributed by atoms with Gasteiger partial charge in [-0.25, -0.2) is 0 Å². The molecule has 1 N–H and O–H groups in total. The van der Waals surface area contributed by atoms with Crippen molar-refractivity contribution in [2.24, 2.45) is 0 Å². The molecule has 0 spiro atoms. The lowest BCUT2D eigenvalue weighted by Crippen LogP contribution is -2.18. The third kappa shape index (κ3) is 3.44. The SMILES string of the molecule is CNC(Cc1ccoc1)c1cc(Br)cc(Br)c1. The van der Waals surface area contributed by atoms with E-state index in [1.807, 2.05) is 19.2 Å². The van der Waals surface area contributed by atoms with Crippen molar-refractivity contribution in [1.29, 1.82) is 0 Å². The lowest BCUT2D eigenvalue weighted by Gasteiger charge is -2.16. The van der Waals surface area contributed by atoms with Crippen LogP contribution in [0.2, 0.25) is 0 Å². The van der Waals surface area contributed by atoms with E-state index < -0.39 is 0 Å². The van der Waals surface area contributed by atoms with Gasteiger partial charge in [0.25, 0.3) is 0 Å². The number of likely N-dealkylation sites (N-methyl/N-ethyl adjacent to an activating group) is 1. The van der Waals surface area contributed by atoms with Crippen LogP contribution >= 0.6 is 31.9 Å². The van der Waals surface area contributed by atoms with E-state index in [0.29, 0.717) is 0 Å². The Morgan fingerprint density at radius 1 is 1.24 bits per heavy atom. The Balaban J connectivity index is 2.22. The van der Waals surface area contributed by atoms with Gasteiger partial charge in [-0.15, -0.1) is 0 Å². The summed E-state index contributed by atoms with van der Waals surface area (Å²) in [5.41, 5.74) is 2.44. The molecule has 0 saturated heterocycles. The molecule has 2 rings (SSSR count). The third-order valence-corrected chi connectivity index (χ3v) is 3.57. The Hall–Kier alpha value is -0.580. The Bertz CT molecular complexity index is 462. The molecular weight excluding hydrogens is 346 g/mol. The molecule has 17 heavy (non-hydrogen) atoms. The summed E-state index contributed by atoms with van der Waals surface area (Å²) in [6, 6.07) is 8.57. The maximum Gasteiger partial charge on any atom is 0.0935 e. The fourth-order valence-electron chi connectivity index (χ4n) is 1.81. The highest BCUT2D eigenvalue weighted by Gasteiger charge is 2.12. The zero-order chi connectivity index (χ0) is 12.3. The molecule has 0 aliphatic heterocycles. The van der Waals surface area contributed by atoms with E-state index in [0.717, 1.165) is 15.4 Å². The van der Waals surface area contributed by atoms with Gasteiger partial charge in [0.15, 0.2) is 0 Å². The van der Waals surface area contributed by atoms with Gasteiger partial charge in [-0.05, 0) is 48.9 Å². The Morgan fingerprint density at radius 2 is 1.94 bits per heavy atom. The molecule has 2 nitrogen and oxygen atoms in total. The number of hydrogen-bond acceptors (Lipinski definition) is 2. The third-order valence-electron chi connectivity index (χ3n) is 2.66. The maximum atomic E-state index is 5.10. The van der Waals surface area contributed by atoms with Gasteiger partial charge in [-0.2, -0.15) is 0 Å². The topological polar surface area (TPSA) is 25.2 Å². The van der Waals surface area contributed by atoms with E-state index in [1.54, 1.807) is 12.5 Å². The molecule has 90 valence electrons. The number of furan rings is 1. The van der Waals surface area contributed by atoms with Crippen LogP contribution in [-0.2, 0) is 6.42 Å². The van der Waals surface area contributed by atoms with Crippen LogP contribution in [0.1, 0.15) is 17.2 Å². The van der Waals surface area contributed by atoms with Crippen molar-refractivity contribution >= 4 is 31.9 Å². The average molecular weight is 359 g/mol. The Morgan fingerprint density at radius 3 is 2.47 bits per heavy atom. The number of rotatable bonds is 4. The van der Waals surface area contributed by atoms with Crippen molar-refractivity contribution in [2.45, 2.75) is 12.5 Å². The Labute approximate surface area is 118 Å². The van der Waals surface area contributed by atoms with Crippen LogP contribution in [0, 0.1) is 0 Å². The first kappa shape index (κ1) is 12.9. The molecule has 1 unspecified atom stereocenters. The molecule has 0 saturated carbocycles. The van der Waals surface area contributed by atoms with Gasteiger partial charge in [0, 0.05) is 15.0 Å². The number of hydrogen-bond donors (Lipinski definition) is 1. The lowest BCUT2D eigenvalue weighted by molar-refractivity contribution is 0.551. The minimum atomic E-state index is 0.279. The average Bonchev–Trinajstić information content (AvgIpc) is 2.77. The van der Waals surface area contributed by atoms with Gasteiger partial charge in [-0.1, -0.05) is 31.9 Å². The highest BCUT2D eigenvalue weighted by Crippen LogP contribution is 2.26. The molecule has 4 heteroatoms. The summed E-state index contributed by atoms with van der Waals surface area (Å²) < 4.78 is 7.25. The summed E-state index contributed by atoms with van der Waals surface area (Å²) in [6.45, 7) is 0. The van der Waals surface area contributed by atoms with E-state index in [9.17, 15) is 0 Å². The second kappa shape index (κ2) is 5.85. The quantitative estimate of drug-likeness (QED) is 0.880. The van der Waals surface area contributed by atoms with Gasteiger partial charge < -0.3 is 9.73 Å². The van der Waals surface area contributed by atoms with Crippen LogP contribution in [0.5, 0.6) is 0 Å². The highest BCUT2D eigenvalue weighted by atomic mass is 79.9. The standard InChI is InChI=1S/C13H13Br2NO/c1-16-13(4-9-2-3-17-8-9)10-5-11(14)7-12(15)6-10/h2-3,5-8,13,16H,4H2,1H3. The van der Waals surface area contributed by atoms with E-state index in [1.165, 1.54) is 11.1 Å².